The number of carbonyl (C=O) groups excluding carboxylic acids is 1. The standard InChI is InChI=1S/C15H15NO4S/c1-16(11-5-3-10(4-6-11)15(18)19)14(17)13-8-7-12(20-13)9-21-2/h3-8H,9H2,1-2H3,(H,18,19). The lowest BCUT2D eigenvalue weighted by Crippen LogP contribution is -2.25. The second kappa shape index (κ2) is 6.49. The van der Waals surface area contributed by atoms with Crippen LogP contribution in [0.1, 0.15) is 26.7 Å². The Morgan fingerprint density at radius 3 is 2.43 bits per heavy atom. The maximum absolute atomic E-state index is 12.3. The van der Waals surface area contributed by atoms with Crippen molar-refractivity contribution in [2.24, 2.45) is 0 Å². The van der Waals surface area contributed by atoms with E-state index in [1.807, 2.05) is 6.26 Å². The van der Waals surface area contributed by atoms with E-state index in [1.54, 1.807) is 43.1 Å². The van der Waals surface area contributed by atoms with Gasteiger partial charge >= 0.3 is 5.97 Å². The molecule has 1 aromatic carbocycles. The van der Waals surface area contributed by atoms with Crippen molar-refractivity contribution in [2.75, 3.05) is 18.2 Å². The van der Waals surface area contributed by atoms with E-state index in [0.717, 1.165) is 5.76 Å². The van der Waals surface area contributed by atoms with Gasteiger partial charge in [-0.2, -0.15) is 11.8 Å². The minimum absolute atomic E-state index is 0.180. The number of hydrogen-bond donors (Lipinski definition) is 1. The van der Waals surface area contributed by atoms with E-state index in [-0.39, 0.29) is 17.2 Å². The van der Waals surface area contributed by atoms with Crippen LogP contribution in [0.25, 0.3) is 0 Å². The molecule has 0 aliphatic rings. The average molecular weight is 305 g/mol. The summed E-state index contributed by atoms with van der Waals surface area (Å²) in [7, 11) is 1.62. The number of amides is 1. The molecule has 0 saturated carbocycles. The summed E-state index contributed by atoms with van der Waals surface area (Å²) >= 11 is 1.61. The molecule has 0 saturated heterocycles. The van der Waals surface area contributed by atoms with Crippen molar-refractivity contribution >= 4 is 29.3 Å². The summed E-state index contributed by atoms with van der Waals surface area (Å²) in [6, 6.07) is 9.53. The summed E-state index contributed by atoms with van der Waals surface area (Å²) in [5.74, 6) is 0.461. The first kappa shape index (κ1) is 15.2. The summed E-state index contributed by atoms with van der Waals surface area (Å²) in [5, 5.41) is 8.86. The fraction of sp³-hybridized carbons (Fsp3) is 0.200. The highest BCUT2D eigenvalue weighted by atomic mass is 32.2. The van der Waals surface area contributed by atoms with Crippen molar-refractivity contribution in [1.82, 2.24) is 0 Å². The zero-order valence-corrected chi connectivity index (χ0v) is 12.5. The van der Waals surface area contributed by atoms with Crippen LogP contribution in [0.3, 0.4) is 0 Å². The molecule has 0 aliphatic carbocycles. The molecule has 6 heteroatoms. The number of thioether (sulfide) groups is 1. The molecule has 0 spiro atoms. The third-order valence-corrected chi connectivity index (χ3v) is 3.54. The van der Waals surface area contributed by atoms with Gasteiger partial charge in [0.05, 0.1) is 11.3 Å². The number of carboxylic acids is 1. The fourth-order valence-corrected chi connectivity index (χ4v) is 2.26. The lowest BCUT2D eigenvalue weighted by Gasteiger charge is -2.16. The summed E-state index contributed by atoms with van der Waals surface area (Å²) in [4.78, 5) is 24.5. The van der Waals surface area contributed by atoms with Gasteiger partial charge < -0.3 is 14.4 Å². The molecule has 0 bridgehead atoms. The maximum Gasteiger partial charge on any atom is 0.335 e. The SMILES string of the molecule is CSCc1ccc(C(=O)N(C)c2ccc(C(=O)O)cc2)o1. The normalized spacial score (nSPS) is 10.4. The monoisotopic (exact) mass is 305 g/mol. The molecule has 0 radical (unpaired) electrons. The van der Waals surface area contributed by atoms with Gasteiger partial charge in [0.15, 0.2) is 5.76 Å². The smallest absolute Gasteiger partial charge is 0.335 e. The number of aromatic carboxylic acids is 1. The lowest BCUT2D eigenvalue weighted by molar-refractivity contribution is 0.0696. The third kappa shape index (κ3) is 3.46. The van der Waals surface area contributed by atoms with E-state index in [0.29, 0.717) is 11.4 Å². The Balaban J connectivity index is 2.15. The van der Waals surface area contributed by atoms with Gasteiger partial charge in [0.25, 0.3) is 5.91 Å². The van der Waals surface area contributed by atoms with Gasteiger partial charge in [0.2, 0.25) is 0 Å². The largest absolute Gasteiger partial charge is 0.478 e. The predicted molar refractivity (Wildman–Crippen MR) is 82.1 cm³/mol. The molecule has 0 aliphatic heterocycles. The van der Waals surface area contributed by atoms with E-state index >= 15 is 0 Å². The Kier molecular flexibility index (Phi) is 4.70. The van der Waals surface area contributed by atoms with Crippen molar-refractivity contribution in [2.45, 2.75) is 5.75 Å². The Morgan fingerprint density at radius 1 is 1.19 bits per heavy atom. The molecule has 2 aromatic rings. The zero-order chi connectivity index (χ0) is 15.4. The molecular weight excluding hydrogens is 290 g/mol. The molecule has 1 aromatic heterocycles. The number of rotatable bonds is 5. The molecule has 1 amide bonds. The Bertz CT molecular complexity index is 648. The highest BCUT2D eigenvalue weighted by Gasteiger charge is 2.17. The van der Waals surface area contributed by atoms with Crippen molar-refractivity contribution < 1.29 is 19.1 Å². The molecule has 110 valence electrons. The second-order valence-electron chi connectivity index (χ2n) is 4.42. The van der Waals surface area contributed by atoms with Crippen LogP contribution in [-0.2, 0) is 5.75 Å². The molecule has 21 heavy (non-hydrogen) atoms. The van der Waals surface area contributed by atoms with Gasteiger partial charge in [-0.25, -0.2) is 4.79 Å². The molecule has 0 fully saturated rings. The minimum atomic E-state index is -0.997. The minimum Gasteiger partial charge on any atom is -0.478 e. The van der Waals surface area contributed by atoms with Gasteiger partial charge in [-0.3, -0.25) is 4.79 Å². The first-order chi connectivity index (χ1) is 10.0. The van der Waals surface area contributed by atoms with Crippen LogP contribution in [-0.4, -0.2) is 30.3 Å². The number of benzene rings is 1. The number of furan rings is 1. The number of carbonyl (C=O) groups is 2. The molecule has 0 unspecified atom stereocenters. The Hall–Kier alpha value is -2.21. The summed E-state index contributed by atoms with van der Waals surface area (Å²) < 4.78 is 5.48. The van der Waals surface area contributed by atoms with Crippen molar-refractivity contribution in [1.29, 1.82) is 0 Å². The third-order valence-electron chi connectivity index (χ3n) is 2.97. The number of hydrogen-bond acceptors (Lipinski definition) is 4. The molecule has 2 rings (SSSR count). The topological polar surface area (TPSA) is 70.8 Å². The van der Waals surface area contributed by atoms with E-state index in [9.17, 15) is 9.59 Å². The lowest BCUT2D eigenvalue weighted by atomic mass is 10.2. The van der Waals surface area contributed by atoms with Gasteiger partial charge in [0, 0.05) is 12.7 Å². The van der Waals surface area contributed by atoms with Crippen LogP contribution in [0, 0.1) is 0 Å². The van der Waals surface area contributed by atoms with Gasteiger partial charge in [-0.15, -0.1) is 0 Å². The maximum atomic E-state index is 12.3. The fourth-order valence-electron chi connectivity index (χ4n) is 1.82. The van der Waals surface area contributed by atoms with Crippen LogP contribution in [0.5, 0.6) is 0 Å². The number of nitrogens with zero attached hydrogens (tertiary/aromatic N) is 1. The second-order valence-corrected chi connectivity index (χ2v) is 5.28. The molecule has 0 atom stereocenters. The van der Waals surface area contributed by atoms with Crippen molar-refractivity contribution in [3.63, 3.8) is 0 Å². The number of anilines is 1. The van der Waals surface area contributed by atoms with Gasteiger partial charge in [-0.05, 0) is 42.7 Å². The molecular formula is C15H15NO4S. The highest BCUT2D eigenvalue weighted by Crippen LogP contribution is 2.19. The average Bonchev–Trinajstić information content (AvgIpc) is 2.95. The number of carboxylic acid groups (broad SMARTS) is 1. The molecule has 5 nitrogen and oxygen atoms in total. The van der Waals surface area contributed by atoms with Crippen LogP contribution >= 0.6 is 11.8 Å². The van der Waals surface area contributed by atoms with Crippen LogP contribution in [0.2, 0.25) is 0 Å². The van der Waals surface area contributed by atoms with Gasteiger partial charge in [-0.1, -0.05) is 0 Å². The summed E-state index contributed by atoms with van der Waals surface area (Å²) in [6.07, 6.45) is 1.96. The molecule has 1 N–H and O–H groups in total. The van der Waals surface area contributed by atoms with E-state index < -0.39 is 5.97 Å². The van der Waals surface area contributed by atoms with Gasteiger partial charge in [0.1, 0.15) is 5.76 Å². The van der Waals surface area contributed by atoms with Crippen LogP contribution < -0.4 is 4.90 Å². The molecule has 1 heterocycles. The Morgan fingerprint density at radius 2 is 1.86 bits per heavy atom. The van der Waals surface area contributed by atoms with E-state index in [1.165, 1.54) is 17.0 Å². The Labute approximate surface area is 126 Å². The summed E-state index contributed by atoms with van der Waals surface area (Å²) in [6.45, 7) is 0. The first-order valence-electron chi connectivity index (χ1n) is 6.22. The quantitative estimate of drug-likeness (QED) is 0.919. The first-order valence-corrected chi connectivity index (χ1v) is 7.61. The van der Waals surface area contributed by atoms with E-state index in [4.69, 9.17) is 9.52 Å². The van der Waals surface area contributed by atoms with Crippen LogP contribution in [0.4, 0.5) is 5.69 Å². The van der Waals surface area contributed by atoms with Crippen LogP contribution in [0.15, 0.2) is 40.8 Å². The zero-order valence-electron chi connectivity index (χ0n) is 11.7. The van der Waals surface area contributed by atoms with Crippen molar-refractivity contribution in [3.05, 3.63) is 53.5 Å². The summed E-state index contributed by atoms with van der Waals surface area (Å²) in [5.41, 5.74) is 0.785. The van der Waals surface area contributed by atoms with Crippen molar-refractivity contribution in [3.8, 4) is 0 Å². The predicted octanol–water partition coefficient (Wildman–Crippen LogP) is 3.12. The van der Waals surface area contributed by atoms with E-state index in [2.05, 4.69) is 0 Å². The highest BCUT2D eigenvalue weighted by molar-refractivity contribution is 7.97.